The molecule has 0 aromatic heterocycles. The normalized spacial score (nSPS) is 17.2. The predicted octanol–water partition coefficient (Wildman–Crippen LogP) is 1.09. The lowest BCUT2D eigenvalue weighted by Crippen LogP contribution is -2.41. The van der Waals surface area contributed by atoms with E-state index in [2.05, 4.69) is 9.62 Å². The highest BCUT2D eigenvalue weighted by molar-refractivity contribution is 7.88. The van der Waals surface area contributed by atoms with Crippen LogP contribution in [0.25, 0.3) is 0 Å². The number of ether oxygens (including phenoxy) is 1. The summed E-state index contributed by atoms with van der Waals surface area (Å²) in [6.07, 6.45) is 0. The maximum Gasteiger partial charge on any atom is 0.215 e. The van der Waals surface area contributed by atoms with E-state index in [0.29, 0.717) is 23.7 Å². The lowest BCUT2D eigenvalue weighted by atomic mass is 10.2. The van der Waals surface area contributed by atoms with Crippen molar-refractivity contribution in [1.29, 1.82) is 0 Å². The van der Waals surface area contributed by atoms with Crippen LogP contribution in [0.2, 0.25) is 5.02 Å². The number of halogens is 1. The van der Waals surface area contributed by atoms with E-state index < -0.39 is 10.0 Å². The van der Waals surface area contributed by atoms with Gasteiger partial charge < -0.3 is 4.74 Å². The number of morpholine rings is 1. The second-order valence-corrected chi connectivity index (χ2v) is 6.98. The van der Waals surface area contributed by atoms with Gasteiger partial charge in [0.15, 0.2) is 0 Å². The average Bonchev–Trinajstić information content (AvgIpc) is 2.39. The Labute approximate surface area is 124 Å². The monoisotopic (exact) mass is 318 g/mol. The van der Waals surface area contributed by atoms with E-state index in [1.807, 2.05) is 0 Å². The summed E-state index contributed by atoms with van der Waals surface area (Å²) in [5, 5.41) is 0.547. The fourth-order valence-electron chi connectivity index (χ4n) is 2.08. The quantitative estimate of drug-likeness (QED) is 0.853. The van der Waals surface area contributed by atoms with Crippen LogP contribution >= 0.6 is 11.6 Å². The minimum Gasteiger partial charge on any atom is -0.379 e. The molecule has 0 bridgehead atoms. The van der Waals surface area contributed by atoms with Crippen LogP contribution in [0.3, 0.4) is 0 Å². The van der Waals surface area contributed by atoms with Crippen LogP contribution < -0.4 is 4.72 Å². The minimum atomic E-state index is -3.32. The van der Waals surface area contributed by atoms with Gasteiger partial charge in [0, 0.05) is 31.2 Å². The van der Waals surface area contributed by atoms with Gasteiger partial charge in [0.05, 0.1) is 19.0 Å². The van der Waals surface area contributed by atoms with E-state index >= 15 is 0 Å². The fraction of sp³-hybridized carbons (Fsp3) is 0.538. The molecular formula is C13H19ClN2O3S. The Morgan fingerprint density at radius 3 is 2.75 bits per heavy atom. The molecule has 20 heavy (non-hydrogen) atoms. The molecular weight excluding hydrogens is 300 g/mol. The molecule has 1 aliphatic heterocycles. The zero-order chi connectivity index (χ0) is 14.4. The maximum absolute atomic E-state index is 12.0. The third-order valence-electron chi connectivity index (χ3n) is 3.10. The summed E-state index contributed by atoms with van der Waals surface area (Å²) in [4.78, 5) is 2.19. The molecule has 0 spiro atoms. The first-order chi connectivity index (χ1) is 9.55. The largest absolute Gasteiger partial charge is 0.379 e. The SMILES string of the molecule is O=S(=O)(Cc1cccc(Cl)c1)NCCN1CCOCC1. The molecule has 5 nitrogen and oxygen atoms in total. The van der Waals surface area contributed by atoms with Gasteiger partial charge in [-0.1, -0.05) is 23.7 Å². The van der Waals surface area contributed by atoms with Crippen molar-refractivity contribution in [2.24, 2.45) is 0 Å². The number of benzene rings is 1. The van der Waals surface area contributed by atoms with E-state index in [4.69, 9.17) is 16.3 Å². The molecule has 1 heterocycles. The molecule has 0 unspecified atom stereocenters. The van der Waals surface area contributed by atoms with Gasteiger partial charge in [0.25, 0.3) is 0 Å². The van der Waals surface area contributed by atoms with Crippen molar-refractivity contribution < 1.29 is 13.2 Å². The summed E-state index contributed by atoms with van der Waals surface area (Å²) in [7, 11) is -3.32. The van der Waals surface area contributed by atoms with E-state index in [1.165, 1.54) is 0 Å². The molecule has 1 fully saturated rings. The summed E-state index contributed by atoms with van der Waals surface area (Å²) in [6.45, 7) is 4.28. The first kappa shape index (κ1) is 15.7. The first-order valence-corrected chi connectivity index (χ1v) is 8.60. The molecule has 112 valence electrons. The van der Waals surface area contributed by atoms with Crippen molar-refractivity contribution in [3.63, 3.8) is 0 Å². The van der Waals surface area contributed by atoms with Gasteiger partial charge in [-0.05, 0) is 17.7 Å². The Hall–Kier alpha value is -0.660. The van der Waals surface area contributed by atoms with E-state index in [0.717, 1.165) is 26.3 Å². The molecule has 1 aliphatic rings. The second-order valence-electron chi connectivity index (χ2n) is 4.74. The third kappa shape index (κ3) is 5.38. The second kappa shape index (κ2) is 7.38. The number of hydrogen-bond donors (Lipinski definition) is 1. The van der Waals surface area contributed by atoms with Crippen LogP contribution in [0, 0.1) is 0 Å². The summed E-state index contributed by atoms with van der Waals surface area (Å²) in [5.74, 6) is -0.0450. The topological polar surface area (TPSA) is 58.6 Å². The Kier molecular flexibility index (Phi) is 5.80. The van der Waals surface area contributed by atoms with Crippen LogP contribution in [0.5, 0.6) is 0 Å². The standard InChI is InChI=1S/C13H19ClN2O3S/c14-13-3-1-2-12(10-13)11-20(17,18)15-4-5-16-6-8-19-9-7-16/h1-3,10,15H,4-9,11H2. The molecule has 7 heteroatoms. The van der Waals surface area contributed by atoms with Crippen molar-refractivity contribution in [2.45, 2.75) is 5.75 Å². The summed E-state index contributed by atoms with van der Waals surface area (Å²) >= 11 is 5.85. The Morgan fingerprint density at radius 1 is 1.30 bits per heavy atom. The molecule has 1 saturated heterocycles. The molecule has 0 atom stereocenters. The molecule has 0 aliphatic carbocycles. The van der Waals surface area contributed by atoms with Gasteiger partial charge in [0.2, 0.25) is 10.0 Å². The lowest BCUT2D eigenvalue weighted by Gasteiger charge is -2.26. The molecule has 0 saturated carbocycles. The van der Waals surface area contributed by atoms with Crippen LogP contribution in [0.1, 0.15) is 5.56 Å². The van der Waals surface area contributed by atoms with Gasteiger partial charge in [-0.25, -0.2) is 13.1 Å². The van der Waals surface area contributed by atoms with Crippen molar-refractivity contribution in [3.05, 3.63) is 34.9 Å². The lowest BCUT2D eigenvalue weighted by molar-refractivity contribution is 0.0390. The van der Waals surface area contributed by atoms with Gasteiger partial charge in [-0.3, -0.25) is 4.90 Å². The molecule has 2 rings (SSSR count). The van der Waals surface area contributed by atoms with Crippen molar-refractivity contribution in [3.8, 4) is 0 Å². The van der Waals surface area contributed by atoms with E-state index in [9.17, 15) is 8.42 Å². The Bertz CT molecular complexity index is 530. The Balaban J connectivity index is 1.78. The van der Waals surface area contributed by atoms with Gasteiger partial charge in [-0.15, -0.1) is 0 Å². The highest BCUT2D eigenvalue weighted by atomic mass is 35.5. The zero-order valence-corrected chi connectivity index (χ0v) is 12.8. The van der Waals surface area contributed by atoms with Crippen LogP contribution in [0.4, 0.5) is 0 Å². The molecule has 1 aromatic carbocycles. The van der Waals surface area contributed by atoms with E-state index in [1.54, 1.807) is 24.3 Å². The molecule has 0 amide bonds. The maximum atomic E-state index is 12.0. The van der Waals surface area contributed by atoms with Crippen molar-refractivity contribution in [2.75, 3.05) is 39.4 Å². The van der Waals surface area contributed by atoms with Crippen LogP contribution in [0.15, 0.2) is 24.3 Å². The fourth-order valence-corrected chi connectivity index (χ4v) is 3.42. The number of sulfonamides is 1. The number of rotatable bonds is 6. The number of nitrogens with zero attached hydrogens (tertiary/aromatic N) is 1. The van der Waals surface area contributed by atoms with Crippen molar-refractivity contribution >= 4 is 21.6 Å². The van der Waals surface area contributed by atoms with E-state index in [-0.39, 0.29) is 5.75 Å². The van der Waals surface area contributed by atoms with Crippen LogP contribution in [-0.2, 0) is 20.5 Å². The summed E-state index contributed by atoms with van der Waals surface area (Å²) in [5.41, 5.74) is 0.691. The highest BCUT2D eigenvalue weighted by Crippen LogP contribution is 2.12. The molecule has 1 aromatic rings. The third-order valence-corrected chi connectivity index (χ3v) is 4.69. The molecule has 0 radical (unpaired) electrons. The Morgan fingerprint density at radius 2 is 2.05 bits per heavy atom. The summed E-state index contributed by atoms with van der Waals surface area (Å²) in [6, 6.07) is 6.90. The average molecular weight is 319 g/mol. The highest BCUT2D eigenvalue weighted by Gasteiger charge is 2.14. The van der Waals surface area contributed by atoms with Gasteiger partial charge in [-0.2, -0.15) is 0 Å². The number of hydrogen-bond acceptors (Lipinski definition) is 4. The number of nitrogens with one attached hydrogen (secondary N) is 1. The van der Waals surface area contributed by atoms with Gasteiger partial charge in [0.1, 0.15) is 0 Å². The summed E-state index contributed by atoms with van der Waals surface area (Å²) < 4.78 is 31.8. The van der Waals surface area contributed by atoms with Gasteiger partial charge >= 0.3 is 0 Å². The zero-order valence-electron chi connectivity index (χ0n) is 11.2. The predicted molar refractivity (Wildman–Crippen MR) is 79.3 cm³/mol. The minimum absolute atomic E-state index is 0.0450. The van der Waals surface area contributed by atoms with Crippen LogP contribution in [-0.4, -0.2) is 52.7 Å². The molecule has 1 N–H and O–H groups in total. The first-order valence-electron chi connectivity index (χ1n) is 6.57. The smallest absolute Gasteiger partial charge is 0.215 e. The van der Waals surface area contributed by atoms with Crippen molar-refractivity contribution in [1.82, 2.24) is 9.62 Å².